The Morgan fingerprint density at radius 2 is 1.62 bits per heavy atom. The number of hydrogen-bond donors (Lipinski definition) is 3. The number of quaternary nitrogens is 2. The molecular weight excluding hydrogens is 366 g/mol. The minimum Gasteiger partial charge on any atom is -0.545 e. The van der Waals surface area contributed by atoms with Crippen molar-refractivity contribution in [3.63, 3.8) is 0 Å². The summed E-state index contributed by atoms with van der Waals surface area (Å²) >= 11 is 0. The predicted octanol–water partition coefficient (Wildman–Crippen LogP) is -1.32. The van der Waals surface area contributed by atoms with E-state index in [0.717, 1.165) is 44.0 Å². The molecule has 0 saturated carbocycles. The first-order valence-electron chi connectivity index (χ1n) is 10.1. The van der Waals surface area contributed by atoms with Gasteiger partial charge in [-0.25, -0.2) is 0 Å². The Morgan fingerprint density at radius 3 is 2.28 bits per heavy atom. The number of carboxylic acid groups (broad SMARTS) is 1. The third-order valence-electron chi connectivity index (χ3n) is 5.96. The molecule has 2 heterocycles. The van der Waals surface area contributed by atoms with Gasteiger partial charge in [0, 0.05) is 22.2 Å². The molecule has 0 spiro atoms. The summed E-state index contributed by atoms with van der Waals surface area (Å²) in [5, 5.41) is 11.8. The van der Waals surface area contributed by atoms with Crippen LogP contribution in [0, 0.1) is 6.92 Å². The minimum atomic E-state index is -1.28. The third-order valence-corrected chi connectivity index (χ3v) is 5.96. The number of H-pyrrole nitrogens is 1. The van der Waals surface area contributed by atoms with Crippen LogP contribution in [0.5, 0.6) is 0 Å². The highest BCUT2D eigenvalue weighted by Gasteiger charge is 2.25. The van der Waals surface area contributed by atoms with Crippen molar-refractivity contribution in [1.29, 1.82) is 0 Å². The predicted molar refractivity (Wildman–Crippen MR) is 109 cm³/mol. The highest BCUT2D eigenvalue weighted by Crippen LogP contribution is 2.15. The van der Waals surface area contributed by atoms with Gasteiger partial charge in [0.05, 0.1) is 17.0 Å². The van der Waals surface area contributed by atoms with Crippen LogP contribution in [0.2, 0.25) is 0 Å². The summed E-state index contributed by atoms with van der Waals surface area (Å²) in [6.45, 7) is 7.71. The molecule has 4 rings (SSSR count). The summed E-state index contributed by atoms with van der Waals surface area (Å²) in [5.74, 6) is -1.28. The summed E-state index contributed by atoms with van der Waals surface area (Å²) < 4.78 is 0. The summed E-state index contributed by atoms with van der Waals surface area (Å²) in [5.41, 5.74) is 3.14. The van der Waals surface area contributed by atoms with Gasteiger partial charge >= 0.3 is 0 Å². The normalized spacial score (nSPS) is 19.3. The fourth-order valence-electron chi connectivity index (χ4n) is 4.30. The van der Waals surface area contributed by atoms with Gasteiger partial charge in [-0.15, -0.1) is 0 Å². The number of carbonyl (C=O) groups is 1. The Balaban J connectivity index is 1.49. The molecule has 0 unspecified atom stereocenters. The van der Waals surface area contributed by atoms with Crippen LogP contribution < -0.4 is 20.3 Å². The number of nitrogens with one attached hydrogen (secondary N) is 3. The maximum absolute atomic E-state index is 13.1. The highest BCUT2D eigenvalue weighted by molar-refractivity contribution is 6.00. The molecular formula is C23H26N3O3+. The van der Waals surface area contributed by atoms with Gasteiger partial charge in [0.1, 0.15) is 39.3 Å². The summed E-state index contributed by atoms with van der Waals surface area (Å²) in [4.78, 5) is 30.5. The second-order valence-corrected chi connectivity index (χ2v) is 7.91. The standard InChI is InChI=1S/C23H25N3O3/c1-16-20(22(27)18-8-5-9-19(23(28)29)21(18)24-16)15-26-12-10-25(11-13-26)14-17-6-3-2-4-7-17/h2-9H,10-15H2,1H3,(H,24,27)(H,28,29)/p+1. The number of aromatic nitrogens is 1. The molecule has 0 amide bonds. The van der Waals surface area contributed by atoms with Crippen molar-refractivity contribution in [2.75, 3.05) is 26.2 Å². The van der Waals surface area contributed by atoms with Gasteiger partial charge in [0.15, 0.2) is 5.43 Å². The molecule has 1 aliphatic rings. The molecule has 3 N–H and O–H groups in total. The number of benzene rings is 2. The van der Waals surface area contributed by atoms with E-state index in [1.165, 1.54) is 16.5 Å². The van der Waals surface area contributed by atoms with Crippen molar-refractivity contribution in [1.82, 2.24) is 4.98 Å². The van der Waals surface area contributed by atoms with E-state index < -0.39 is 5.97 Å². The number of carboxylic acids is 1. The smallest absolute Gasteiger partial charge is 0.198 e. The van der Waals surface area contributed by atoms with Crippen molar-refractivity contribution in [3.05, 3.63) is 81.1 Å². The number of hydrogen-bond acceptors (Lipinski definition) is 3. The molecule has 150 valence electrons. The molecule has 0 bridgehead atoms. The zero-order valence-corrected chi connectivity index (χ0v) is 16.6. The van der Waals surface area contributed by atoms with Gasteiger partial charge in [0.2, 0.25) is 0 Å². The molecule has 2 aromatic carbocycles. The Morgan fingerprint density at radius 1 is 0.966 bits per heavy atom. The van der Waals surface area contributed by atoms with Gasteiger partial charge in [-0.05, 0) is 13.0 Å². The van der Waals surface area contributed by atoms with Crippen LogP contribution in [-0.2, 0) is 13.1 Å². The van der Waals surface area contributed by atoms with E-state index in [1.807, 2.05) is 13.0 Å². The average Bonchev–Trinajstić information content (AvgIpc) is 2.72. The first kappa shape index (κ1) is 19.4. The fourth-order valence-corrected chi connectivity index (χ4v) is 4.30. The molecule has 0 aliphatic carbocycles. The molecule has 3 aromatic rings. The lowest BCUT2D eigenvalue weighted by atomic mass is 10.0. The van der Waals surface area contributed by atoms with E-state index in [4.69, 9.17) is 0 Å². The zero-order chi connectivity index (χ0) is 20.4. The number of aromatic carboxylic acids is 1. The Labute approximate surface area is 169 Å². The molecule has 6 nitrogen and oxygen atoms in total. The van der Waals surface area contributed by atoms with Crippen LogP contribution in [0.15, 0.2) is 53.3 Å². The number of piperazine rings is 1. The quantitative estimate of drug-likeness (QED) is 0.504. The molecule has 6 heteroatoms. The maximum Gasteiger partial charge on any atom is 0.198 e. The number of aryl methyl sites for hydroxylation is 1. The topological polar surface area (TPSA) is 81.9 Å². The number of carbonyl (C=O) groups excluding carboxylic acids is 1. The molecule has 1 saturated heterocycles. The lowest BCUT2D eigenvalue weighted by molar-refractivity contribution is -1.02. The number of rotatable bonds is 5. The molecule has 1 aromatic heterocycles. The zero-order valence-electron chi connectivity index (χ0n) is 16.6. The number of pyridine rings is 1. The SMILES string of the molecule is Cc1[nH]c2c(C(=O)[O-])cccc2c(=O)c1C[NH+]1CC[NH+](Cc2ccccc2)CC1. The van der Waals surface area contributed by atoms with E-state index in [1.54, 1.807) is 17.0 Å². The molecule has 1 fully saturated rings. The van der Waals surface area contributed by atoms with Crippen molar-refractivity contribution in [2.24, 2.45) is 0 Å². The molecule has 29 heavy (non-hydrogen) atoms. The molecule has 0 atom stereocenters. The van der Waals surface area contributed by atoms with Gasteiger partial charge in [-0.1, -0.05) is 42.5 Å². The minimum absolute atomic E-state index is 0.0275. The number of para-hydroxylation sites is 1. The monoisotopic (exact) mass is 392 g/mol. The van der Waals surface area contributed by atoms with E-state index in [9.17, 15) is 14.7 Å². The first-order valence-corrected chi connectivity index (χ1v) is 10.1. The summed E-state index contributed by atoms with van der Waals surface area (Å²) in [6, 6.07) is 15.3. The van der Waals surface area contributed by atoms with Crippen molar-refractivity contribution >= 4 is 16.9 Å². The Bertz CT molecular complexity index is 1080. The van der Waals surface area contributed by atoms with Gasteiger partial charge in [-0.2, -0.15) is 0 Å². The van der Waals surface area contributed by atoms with E-state index in [-0.39, 0.29) is 11.0 Å². The van der Waals surface area contributed by atoms with Gasteiger partial charge in [-0.3, -0.25) is 4.79 Å². The van der Waals surface area contributed by atoms with E-state index >= 15 is 0 Å². The molecule has 1 aliphatic heterocycles. The van der Waals surface area contributed by atoms with Gasteiger partial charge < -0.3 is 24.7 Å². The van der Waals surface area contributed by atoms with Crippen LogP contribution in [0.3, 0.4) is 0 Å². The lowest BCUT2D eigenvalue weighted by Crippen LogP contribution is -3.27. The molecule has 0 radical (unpaired) electrons. The number of aromatic amines is 1. The third kappa shape index (κ3) is 4.09. The van der Waals surface area contributed by atoms with Crippen molar-refractivity contribution in [2.45, 2.75) is 20.0 Å². The number of fused-ring (bicyclic) bond motifs is 1. The Kier molecular flexibility index (Phi) is 5.47. The summed E-state index contributed by atoms with van der Waals surface area (Å²) in [6.07, 6.45) is 0. The van der Waals surface area contributed by atoms with E-state index in [0.29, 0.717) is 17.4 Å². The van der Waals surface area contributed by atoms with Crippen molar-refractivity contribution in [3.8, 4) is 0 Å². The average molecular weight is 392 g/mol. The van der Waals surface area contributed by atoms with E-state index in [2.05, 4.69) is 29.2 Å². The van der Waals surface area contributed by atoms with Crippen LogP contribution in [-0.4, -0.2) is 37.1 Å². The van der Waals surface area contributed by atoms with Crippen LogP contribution in [0.25, 0.3) is 10.9 Å². The maximum atomic E-state index is 13.1. The largest absolute Gasteiger partial charge is 0.545 e. The van der Waals surface area contributed by atoms with Crippen LogP contribution in [0.4, 0.5) is 0 Å². The van der Waals surface area contributed by atoms with Crippen LogP contribution >= 0.6 is 0 Å². The van der Waals surface area contributed by atoms with Crippen LogP contribution in [0.1, 0.15) is 27.2 Å². The van der Waals surface area contributed by atoms with Gasteiger partial charge in [0.25, 0.3) is 0 Å². The van der Waals surface area contributed by atoms with Crippen molar-refractivity contribution < 1.29 is 19.7 Å². The fraction of sp³-hybridized carbons (Fsp3) is 0.304. The lowest BCUT2D eigenvalue weighted by Gasteiger charge is -2.30. The summed E-state index contributed by atoms with van der Waals surface area (Å²) in [7, 11) is 0. The highest BCUT2D eigenvalue weighted by atomic mass is 16.4. The first-order chi connectivity index (χ1) is 14.0. The Hall–Kier alpha value is -2.96. The second kappa shape index (κ2) is 8.19. The second-order valence-electron chi connectivity index (χ2n) is 7.91.